The molecule has 8 nitrogen and oxygen atoms in total. The number of piperazine rings is 1. The number of carbonyl (C=O) groups is 3. The number of rotatable bonds is 6. The van der Waals surface area contributed by atoms with Crippen LogP contribution in [0.3, 0.4) is 0 Å². The summed E-state index contributed by atoms with van der Waals surface area (Å²) in [4.78, 5) is 43.9. The Morgan fingerprint density at radius 1 is 1.08 bits per heavy atom. The van der Waals surface area contributed by atoms with Crippen LogP contribution in [0.2, 0.25) is 0 Å². The number of hydrogen-bond donors (Lipinski definition) is 1. The monoisotopic (exact) mass is 362 g/mol. The number of hydrogen-bond acceptors (Lipinski definition) is 5. The topological polar surface area (TPSA) is 91.8 Å². The third-order valence-corrected chi connectivity index (χ3v) is 4.11. The van der Waals surface area contributed by atoms with Gasteiger partial charge in [0, 0.05) is 32.7 Å². The van der Waals surface area contributed by atoms with Gasteiger partial charge in [0.25, 0.3) is 11.8 Å². The second-order valence-corrected chi connectivity index (χ2v) is 6.00. The van der Waals surface area contributed by atoms with Crippen molar-refractivity contribution in [1.29, 1.82) is 0 Å². The summed E-state index contributed by atoms with van der Waals surface area (Å²) in [5.74, 6) is -0.517. The Kier molecular flexibility index (Phi) is 7.37. The summed E-state index contributed by atoms with van der Waals surface area (Å²) < 4.78 is 4.97. The van der Waals surface area contributed by atoms with Crippen molar-refractivity contribution in [2.75, 3.05) is 39.3 Å². The Hall–Kier alpha value is -2.64. The van der Waals surface area contributed by atoms with Gasteiger partial charge in [-0.05, 0) is 25.5 Å². The van der Waals surface area contributed by atoms with E-state index in [1.807, 2.05) is 6.92 Å². The first-order chi connectivity index (χ1) is 12.6. The van der Waals surface area contributed by atoms with E-state index in [-0.39, 0.29) is 29.3 Å². The first kappa shape index (κ1) is 19.7. The summed E-state index contributed by atoms with van der Waals surface area (Å²) >= 11 is 0. The van der Waals surface area contributed by atoms with Crippen molar-refractivity contribution in [2.45, 2.75) is 26.7 Å². The van der Waals surface area contributed by atoms with E-state index < -0.39 is 0 Å². The molecule has 0 aromatic carbocycles. The molecule has 0 atom stereocenters. The van der Waals surface area contributed by atoms with Crippen LogP contribution in [-0.2, 0) is 4.74 Å². The minimum Gasteiger partial charge on any atom is -0.450 e. The zero-order chi connectivity index (χ0) is 18.9. The van der Waals surface area contributed by atoms with E-state index in [4.69, 9.17) is 4.74 Å². The van der Waals surface area contributed by atoms with E-state index in [1.54, 1.807) is 34.9 Å². The van der Waals surface area contributed by atoms with Crippen LogP contribution in [0.4, 0.5) is 4.79 Å². The summed E-state index contributed by atoms with van der Waals surface area (Å²) in [6, 6.07) is 4.85. The Morgan fingerprint density at radius 3 is 2.38 bits per heavy atom. The van der Waals surface area contributed by atoms with Crippen LogP contribution in [0.15, 0.2) is 18.2 Å². The molecule has 8 heteroatoms. The lowest BCUT2D eigenvalue weighted by Gasteiger charge is -2.33. The molecule has 2 heterocycles. The van der Waals surface area contributed by atoms with Gasteiger partial charge in [0.05, 0.1) is 6.61 Å². The van der Waals surface area contributed by atoms with Gasteiger partial charge in [0.2, 0.25) is 0 Å². The second kappa shape index (κ2) is 9.74. The molecule has 0 spiro atoms. The standard InChI is InChI=1S/C18H26N4O4/c1-3-5-9-19-16(23)14-7-6-8-15(20-14)17(24)21-10-12-22(13-11-21)18(25)26-4-2/h6-8H,3-5,9-13H2,1-2H3,(H,19,23). The number of amides is 3. The Morgan fingerprint density at radius 2 is 1.73 bits per heavy atom. The number of ether oxygens (including phenoxy) is 1. The maximum atomic E-state index is 12.6. The second-order valence-electron chi connectivity index (χ2n) is 6.00. The van der Waals surface area contributed by atoms with E-state index in [1.165, 1.54) is 0 Å². The predicted molar refractivity (Wildman–Crippen MR) is 96.0 cm³/mol. The molecule has 3 amide bonds. The highest BCUT2D eigenvalue weighted by atomic mass is 16.6. The maximum absolute atomic E-state index is 12.6. The third kappa shape index (κ3) is 5.18. The number of aromatic nitrogens is 1. The highest BCUT2D eigenvalue weighted by Gasteiger charge is 2.26. The van der Waals surface area contributed by atoms with E-state index in [0.717, 1.165) is 12.8 Å². The van der Waals surface area contributed by atoms with Gasteiger partial charge in [-0.25, -0.2) is 9.78 Å². The summed E-state index contributed by atoms with van der Waals surface area (Å²) in [5.41, 5.74) is 0.467. The van der Waals surface area contributed by atoms with Crippen LogP contribution in [0.25, 0.3) is 0 Å². The van der Waals surface area contributed by atoms with Crippen molar-refractivity contribution in [3.8, 4) is 0 Å². The fourth-order valence-corrected chi connectivity index (χ4v) is 2.62. The van der Waals surface area contributed by atoms with E-state index in [0.29, 0.717) is 39.3 Å². The van der Waals surface area contributed by atoms with Gasteiger partial charge in [-0.2, -0.15) is 0 Å². The smallest absolute Gasteiger partial charge is 0.409 e. The lowest BCUT2D eigenvalue weighted by Crippen LogP contribution is -2.50. The number of nitrogens with one attached hydrogen (secondary N) is 1. The van der Waals surface area contributed by atoms with Gasteiger partial charge in [-0.3, -0.25) is 9.59 Å². The van der Waals surface area contributed by atoms with E-state index in [2.05, 4.69) is 10.3 Å². The minimum absolute atomic E-state index is 0.233. The third-order valence-electron chi connectivity index (χ3n) is 4.11. The van der Waals surface area contributed by atoms with Crippen molar-refractivity contribution >= 4 is 17.9 Å². The summed E-state index contributed by atoms with van der Waals surface area (Å²) in [6.07, 6.45) is 1.53. The van der Waals surface area contributed by atoms with Crippen LogP contribution >= 0.6 is 0 Å². The quantitative estimate of drug-likeness (QED) is 0.775. The summed E-state index contributed by atoms with van der Waals surface area (Å²) in [6.45, 7) is 6.38. The molecule has 1 N–H and O–H groups in total. The first-order valence-electron chi connectivity index (χ1n) is 9.03. The molecule has 1 aromatic heterocycles. The average Bonchev–Trinajstić information content (AvgIpc) is 2.68. The Balaban J connectivity index is 1.95. The lowest BCUT2D eigenvalue weighted by molar-refractivity contribution is 0.0565. The molecule has 142 valence electrons. The van der Waals surface area contributed by atoms with Gasteiger partial charge < -0.3 is 19.9 Å². The number of carbonyl (C=O) groups excluding carboxylic acids is 3. The molecular formula is C18H26N4O4. The van der Waals surface area contributed by atoms with Gasteiger partial charge in [-0.1, -0.05) is 19.4 Å². The minimum atomic E-state index is -0.358. The molecule has 2 rings (SSSR count). The van der Waals surface area contributed by atoms with Gasteiger partial charge in [-0.15, -0.1) is 0 Å². The zero-order valence-corrected chi connectivity index (χ0v) is 15.4. The first-order valence-corrected chi connectivity index (χ1v) is 9.03. The van der Waals surface area contributed by atoms with Gasteiger partial charge >= 0.3 is 6.09 Å². The molecule has 0 radical (unpaired) electrons. The number of pyridine rings is 1. The molecule has 1 aromatic rings. The molecule has 1 aliphatic rings. The van der Waals surface area contributed by atoms with Gasteiger partial charge in [0.15, 0.2) is 0 Å². The van der Waals surface area contributed by atoms with Crippen LogP contribution in [-0.4, -0.2) is 72.0 Å². The highest BCUT2D eigenvalue weighted by Crippen LogP contribution is 2.09. The number of nitrogens with zero attached hydrogens (tertiary/aromatic N) is 3. The predicted octanol–water partition coefficient (Wildman–Crippen LogP) is 1.53. The molecular weight excluding hydrogens is 336 g/mol. The maximum Gasteiger partial charge on any atom is 0.409 e. The van der Waals surface area contributed by atoms with Crippen molar-refractivity contribution in [1.82, 2.24) is 20.1 Å². The largest absolute Gasteiger partial charge is 0.450 e. The molecule has 1 aliphatic heterocycles. The van der Waals surface area contributed by atoms with E-state index >= 15 is 0 Å². The lowest BCUT2D eigenvalue weighted by atomic mass is 10.2. The number of unbranched alkanes of at least 4 members (excludes halogenated alkanes) is 1. The summed E-state index contributed by atoms with van der Waals surface area (Å²) in [5, 5.41) is 2.79. The highest BCUT2D eigenvalue weighted by molar-refractivity contribution is 5.96. The molecule has 26 heavy (non-hydrogen) atoms. The van der Waals surface area contributed by atoms with Crippen LogP contribution in [0, 0.1) is 0 Å². The van der Waals surface area contributed by atoms with E-state index in [9.17, 15) is 14.4 Å². The van der Waals surface area contributed by atoms with Crippen molar-refractivity contribution in [2.24, 2.45) is 0 Å². The van der Waals surface area contributed by atoms with Crippen molar-refractivity contribution < 1.29 is 19.1 Å². The van der Waals surface area contributed by atoms with Crippen molar-refractivity contribution in [3.05, 3.63) is 29.6 Å². The zero-order valence-electron chi connectivity index (χ0n) is 15.4. The van der Waals surface area contributed by atoms with Crippen LogP contribution in [0.5, 0.6) is 0 Å². The molecule has 1 fully saturated rings. The van der Waals surface area contributed by atoms with Crippen molar-refractivity contribution in [3.63, 3.8) is 0 Å². The average molecular weight is 362 g/mol. The molecule has 0 bridgehead atoms. The SMILES string of the molecule is CCCCNC(=O)c1cccc(C(=O)N2CCN(C(=O)OCC)CC2)n1. The molecule has 0 saturated carbocycles. The van der Waals surface area contributed by atoms with Crippen LogP contribution < -0.4 is 5.32 Å². The normalized spacial score (nSPS) is 14.1. The Bertz CT molecular complexity index is 642. The molecule has 1 saturated heterocycles. The van der Waals surface area contributed by atoms with Gasteiger partial charge in [0.1, 0.15) is 11.4 Å². The fraction of sp³-hybridized carbons (Fsp3) is 0.556. The molecule has 0 aliphatic carbocycles. The fourth-order valence-electron chi connectivity index (χ4n) is 2.62. The van der Waals surface area contributed by atoms with Crippen LogP contribution in [0.1, 0.15) is 47.7 Å². The summed E-state index contributed by atoms with van der Waals surface area (Å²) in [7, 11) is 0. The Labute approximate surface area is 153 Å². The molecule has 0 unspecified atom stereocenters.